The first-order chi connectivity index (χ1) is 18.9. The molecule has 5 rings (SSSR count). The molecule has 9 heteroatoms. The van der Waals surface area contributed by atoms with Gasteiger partial charge in [-0.05, 0) is 72.9 Å². The molecule has 0 atom stereocenters. The third-order valence-electron chi connectivity index (χ3n) is 7.39. The number of anilines is 1. The molecule has 1 saturated carbocycles. The standard InChI is InChI=1S/C30H34N4O3S2/c1-3-22-12-17-27-28(19-22)38-30(32-27)33(21-23-9-8-18-31-20-23)29(35)24-13-15-26(16-14-24)39(36,37)34(4-2)25-10-6-5-7-11-25/h8-9,12-20,25H,3-7,10-11,21H2,1-2H3. The molecule has 0 unspecified atom stereocenters. The monoisotopic (exact) mass is 562 g/mol. The lowest BCUT2D eigenvalue weighted by atomic mass is 9.95. The van der Waals surface area contributed by atoms with E-state index in [-0.39, 0.29) is 16.8 Å². The van der Waals surface area contributed by atoms with Gasteiger partial charge in [0.05, 0.1) is 21.7 Å². The molecule has 0 saturated heterocycles. The number of nitrogens with zero attached hydrogens (tertiary/aromatic N) is 4. The van der Waals surface area contributed by atoms with Gasteiger partial charge in [-0.2, -0.15) is 4.31 Å². The Kier molecular flexibility index (Phi) is 8.40. The van der Waals surface area contributed by atoms with Crippen LogP contribution in [-0.2, 0) is 23.0 Å². The minimum Gasteiger partial charge on any atom is -0.279 e. The van der Waals surface area contributed by atoms with E-state index in [0.717, 1.165) is 54.3 Å². The maximum absolute atomic E-state index is 13.9. The summed E-state index contributed by atoms with van der Waals surface area (Å²) in [5, 5.41) is 0.596. The Labute approximate surface area is 234 Å². The van der Waals surface area contributed by atoms with Crippen molar-refractivity contribution in [3.8, 4) is 0 Å². The van der Waals surface area contributed by atoms with E-state index in [4.69, 9.17) is 4.98 Å². The zero-order valence-corrected chi connectivity index (χ0v) is 24.0. The molecule has 0 radical (unpaired) electrons. The summed E-state index contributed by atoms with van der Waals surface area (Å²) in [4.78, 5) is 24.7. The zero-order valence-electron chi connectivity index (χ0n) is 22.4. The van der Waals surface area contributed by atoms with Crippen LogP contribution in [0.1, 0.15) is 67.4 Å². The fourth-order valence-corrected chi connectivity index (χ4v) is 7.97. The van der Waals surface area contributed by atoms with Crippen LogP contribution < -0.4 is 4.90 Å². The molecular weight excluding hydrogens is 528 g/mol. The van der Waals surface area contributed by atoms with Crippen LogP contribution in [0.3, 0.4) is 0 Å². The van der Waals surface area contributed by atoms with Gasteiger partial charge in [-0.25, -0.2) is 13.4 Å². The third-order valence-corrected chi connectivity index (χ3v) is 10.5. The molecule has 0 bridgehead atoms. The Morgan fingerprint density at radius 1 is 1.00 bits per heavy atom. The Hall–Kier alpha value is -3.14. The number of fused-ring (bicyclic) bond motifs is 1. The first-order valence-corrected chi connectivity index (χ1v) is 15.9. The number of benzene rings is 2. The number of pyridine rings is 1. The predicted molar refractivity (Wildman–Crippen MR) is 157 cm³/mol. The number of carbonyl (C=O) groups excluding carboxylic acids is 1. The van der Waals surface area contributed by atoms with Crippen molar-refractivity contribution in [1.82, 2.24) is 14.3 Å². The Balaban J connectivity index is 1.45. The average molecular weight is 563 g/mol. The summed E-state index contributed by atoms with van der Waals surface area (Å²) >= 11 is 1.48. The van der Waals surface area contributed by atoms with Crippen molar-refractivity contribution in [3.05, 3.63) is 83.7 Å². The molecule has 7 nitrogen and oxygen atoms in total. The molecule has 2 aromatic heterocycles. The molecule has 1 amide bonds. The number of thiazole rings is 1. The quantitative estimate of drug-likeness (QED) is 0.234. The highest BCUT2D eigenvalue weighted by Gasteiger charge is 2.31. The summed E-state index contributed by atoms with van der Waals surface area (Å²) in [6.45, 7) is 4.74. The van der Waals surface area contributed by atoms with E-state index < -0.39 is 10.0 Å². The lowest BCUT2D eigenvalue weighted by molar-refractivity contribution is 0.0985. The number of rotatable bonds is 9. The Morgan fingerprint density at radius 2 is 1.77 bits per heavy atom. The second kappa shape index (κ2) is 11.9. The predicted octanol–water partition coefficient (Wildman–Crippen LogP) is 6.44. The number of aryl methyl sites for hydroxylation is 1. The summed E-state index contributed by atoms with van der Waals surface area (Å²) in [6.07, 6.45) is 9.44. The maximum Gasteiger partial charge on any atom is 0.260 e. The van der Waals surface area contributed by atoms with Gasteiger partial charge >= 0.3 is 0 Å². The molecule has 2 heterocycles. The van der Waals surface area contributed by atoms with E-state index in [0.29, 0.717) is 23.8 Å². The largest absolute Gasteiger partial charge is 0.279 e. The molecule has 1 fully saturated rings. The molecule has 1 aliphatic rings. The first-order valence-electron chi connectivity index (χ1n) is 13.6. The van der Waals surface area contributed by atoms with Crippen LogP contribution in [-0.4, -0.2) is 41.2 Å². The maximum atomic E-state index is 13.9. The van der Waals surface area contributed by atoms with Gasteiger partial charge < -0.3 is 0 Å². The van der Waals surface area contributed by atoms with Crippen molar-refractivity contribution in [3.63, 3.8) is 0 Å². The van der Waals surface area contributed by atoms with Crippen LogP contribution in [0.5, 0.6) is 0 Å². The van der Waals surface area contributed by atoms with Gasteiger partial charge in [0.15, 0.2) is 5.13 Å². The number of hydrogen-bond donors (Lipinski definition) is 0. The molecule has 39 heavy (non-hydrogen) atoms. The van der Waals surface area contributed by atoms with Crippen LogP contribution >= 0.6 is 11.3 Å². The first kappa shape index (κ1) is 27.4. The molecule has 0 aliphatic heterocycles. The van der Waals surface area contributed by atoms with Crippen LogP contribution in [0.15, 0.2) is 71.9 Å². The van der Waals surface area contributed by atoms with E-state index in [1.165, 1.54) is 16.9 Å². The third kappa shape index (κ3) is 5.90. The number of aromatic nitrogens is 2. The van der Waals surface area contributed by atoms with Crippen molar-refractivity contribution >= 4 is 42.6 Å². The summed E-state index contributed by atoms with van der Waals surface area (Å²) in [5.41, 5.74) is 3.35. The van der Waals surface area contributed by atoms with Gasteiger partial charge in [0.1, 0.15) is 0 Å². The smallest absolute Gasteiger partial charge is 0.260 e. The molecule has 1 aliphatic carbocycles. The number of amides is 1. The number of carbonyl (C=O) groups is 1. The van der Waals surface area contributed by atoms with Crippen molar-refractivity contribution < 1.29 is 13.2 Å². The topological polar surface area (TPSA) is 83.5 Å². The molecule has 4 aromatic rings. The van der Waals surface area contributed by atoms with Gasteiger partial charge in [0, 0.05) is 30.5 Å². The molecule has 204 valence electrons. The van der Waals surface area contributed by atoms with Gasteiger partial charge in [-0.1, -0.05) is 56.6 Å². The second-order valence-electron chi connectivity index (χ2n) is 9.93. The SMILES string of the molecule is CCc1ccc2nc(N(Cc3cccnc3)C(=O)c3ccc(S(=O)(=O)N(CC)C4CCCCC4)cc3)sc2c1. The molecular formula is C30H34N4O3S2. The van der Waals surface area contributed by atoms with Gasteiger partial charge in [-0.3, -0.25) is 14.7 Å². The van der Waals surface area contributed by atoms with Crippen molar-refractivity contribution in [2.45, 2.75) is 69.9 Å². The Bertz CT molecular complexity index is 1530. The van der Waals surface area contributed by atoms with Crippen molar-refractivity contribution in [2.24, 2.45) is 0 Å². The minimum atomic E-state index is -3.65. The van der Waals surface area contributed by atoms with Crippen molar-refractivity contribution in [2.75, 3.05) is 11.4 Å². The van der Waals surface area contributed by atoms with E-state index in [1.54, 1.807) is 45.9 Å². The highest BCUT2D eigenvalue weighted by molar-refractivity contribution is 7.89. The van der Waals surface area contributed by atoms with Crippen LogP contribution in [0.2, 0.25) is 0 Å². The molecule has 0 N–H and O–H groups in total. The lowest BCUT2D eigenvalue weighted by Crippen LogP contribution is -2.41. The van der Waals surface area contributed by atoms with E-state index in [1.807, 2.05) is 25.1 Å². The zero-order chi connectivity index (χ0) is 27.4. The van der Waals surface area contributed by atoms with Gasteiger partial charge in [-0.15, -0.1) is 0 Å². The number of sulfonamides is 1. The average Bonchev–Trinajstić information content (AvgIpc) is 3.40. The Morgan fingerprint density at radius 3 is 2.44 bits per heavy atom. The van der Waals surface area contributed by atoms with Crippen LogP contribution in [0.25, 0.3) is 10.2 Å². The highest BCUT2D eigenvalue weighted by Crippen LogP contribution is 2.32. The molecule has 2 aromatic carbocycles. The van der Waals surface area contributed by atoms with Crippen molar-refractivity contribution in [1.29, 1.82) is 0 Å². The van der Waals surface area contributed by atoms with Gasteiger partial charge in [0.25, 0.3) is 5.91 Å². The summed E-state index contributed by atoms with van der Waals surface area (Å²) in [7, 11) is -3.65. The van der Waals surface area contributed by atoms with E-state index in [9.17, 15) is 13.2 Å². The fraction of sp³-hybridized carbons (Fsp3) is 0.367. The fourth-order valence-electron chi connectivity index (χ4n) is 5.25. The van der Waals surface area contributed by atoms with Gasteiger partial charge in [0.2, 0.25) is 10.0 Å². The highest BCUT2D eigenvalue weighted by atomic mass is 32.2. The van der Waals surface area contributed by atoms with Crippen LogP contribution in [0.4, 0.5) is 5.13 Å². The minimum absolute atomic E-state index is 0.0392. The summed E-state index contributed by atoms with van der Waals surface area (Å²) < 4.78 is 29.7. The number of hydrogen-bond acceptors (Lipinski definition) is 6. The summed E-state index contributed by atoms with van der Waals surface area (Å²) in [5.74, 6) is -0.239. The van der Waals surface area contributed by atoms with E-state index in [2.05, 4.69) is 24.0 Å². The van der Waals surface area contributed by atoms with Crippen LogP contribution in [0, 0.1) is 0 Å². The van der Waals surface area contributed by atoms with E-state index >= 15 is 0 Å². The lowest BCUT2D eigenvalue weighted by Gasteiger charge is -2.32. The second-order valence-corrected chi connectivity index (χ2v) is 12.8. The normalized spacial score (nSPS) is 14.6. The summed E-state index contributed by atoms with van der Waals surface area (Å²) in [6, 6.07) is 16.3. The molecule has 0 spiro atoms.